The molecule has 0 amide bonds. The van der Waals surface area contributed by atoms with Gasteiger partial charge >= 0.3 is 5.97 Å². The van der Waals surface area contributed by atoms with Gasteiger partial charge in [-0.1, -0.05) is 6.42 Å². The highest BCUT2D eigenvalue weighted by Crippen LogP contribution is 2.25. The van der Waals surface area contributed by atoms with Crippen molar-refractivity contribution in [3.05, 3.63) is 29.8 Å². The molecule has 1 saturated heterocycles. The SMILES string of the molecule is CC(=O)COC(=O)c1ccc(S(=O)(=O)N2CCCC[C@@H]2C)cc1. The molecule has 1 heterocycles. The van der Waals surface area contributed by atoms with Crippen molar-refractivity contribution in [1.82, 2.24) is 4.31 Å². The van der Waals surface area contributed by atoms with Crippen LogP contribution in [0.15, 0.2) is 29.2 Å². The molecule has 0 N–H and O–H groups in total. The van der Waals surface area contributed by atoms with Crippen molar-refractivity contribution in [3.63, 3.8) is 0 Å². The predicted molar refractivity (Wildman–Crippen MR) is 84.6 cm³/mol. The quantitative estimate of drug-likeness (QED) is 0.767. The van der Waals surface area contributed by atoms with Gasteiger partial charge in [0.1, 0.15) is 6.61 Å². The number of rotatable bonds is 5. The van der Waals surface area contributed by atoms with Gasteiger partial charge in [0.15, 0.2) is 5.78 Å². The number of benzene rings is 1. The summed E-state index contributed by atoms with van der Waals surface area (Å²) in [6, 6.07) is 5.60. The van der Waals surface area contributed by atoms with Crippen LogP contribution in [-0.2, 0) is 19.6 Å². The monoisotopic (exact) mass is 339 g/mol. The molecule has 23 heavy (non-hydrogen) atoms. The smallest absolute Gasteiger partial charge is 0.338 e. The van der Waals surface area contributed by atoms with Crippen molar-refractivity contribution in [3.8, 4) is 0 Å². The minimum Gasteiger partial charge on any atom is -0.454 e. The van der Waals surface area contributed by atoms with Crippen molar-refractivity contribution in [2.24, 2.45) is 0 Å². The molecule has 7 heteroatoms. The van der Waals surface area contributed by atoms with E-state index in [4.69, 9.17) is 4.74 Å². The van der Waals surface area contributed by atoms with E-state index in [1.807, 2.05) is 6.92 Å². The zero-order valence-electron chi connectivity index (χ0n) is 13.3. The number of piperidine rings is 1. The molecule has 0 bridgehead atoms. The van der Waals surface area contributed by atoms with Crippen LogP contribution in [0.4, 0.5) is 0 Å². The molecule has 1 fully saturated rings. The maximum absolute atomic E-state index is 12.7. The van der Waals surface area contributed by atoms with E-state index in [9.17, 15) is 18.0 Å². The first-order valence-electron chi connectivity index (χ1n) is 7.61. The van der Waals surface area contributed by atoms with Crippen LogP contribution < -0.4 is 0 Å². The van der Waals surface area contributed by atoms with Crippen LogP contribution in [0.1, 0.15) is 43.5 Å². The van der Waals surface area contributed by atoms with Crippen LogP contribution in [0.25, 0.3) is 0 Å². The standard InChI is InChI=1S/C16H21NO5S/c1-12-5-3-4-10-17(12)23(20,21)15-8-6-14(7-9-15)16(19)22-11-13(2)18/h6-9,12H,3-5,10-11H2,1-2H3/t12-/m0/s1. The van der Waals surface area contributed by atoms with Crippen LogP contribution in [0.3, 0.4) is 0 Å². The van der Waals surface area contributed by atoms with E-state index < -0.39 is 16.0 Å². The Labute approximate surface area is 136 Å². The zero-order chi connectivity index (χ0) is 17.0. The lowest BCUT2D eigenvalue weighted by molar-refractivity contribution is -0.120. The van der Waals surface area contributed by atoms with Gasteiger partial charge in [0, 0.05) is 12.6 Å². The fraction of sp³-hybridized carbons (Fsp3) is 0.500. The third-order valence-corrected chi connectivity index (χ3v) is 5.87. The minimum absolute atomic E-state index is 0.0195. The average molecular weight is 339 g/mol. The molecule has 1 atom stereocenters. The number of ketones is 1. The van der Waals surface area contributed by atoms with E-state index in [1.54, 1.807) is 0 Å². The first kappa shape index (κ1) is 17.6. The molecule has 0 spiro atoms. The molecule has 0 aliphatic carbocycles. The second-order valence-electron chi connectivity index (χ2n) is 5.76. The van der Waals surface area contributed by atoms with Crippen molar-refractivity contribution in [2.75, 3.05) is 13.2 Å². The molecule has 6 nitrogen and oxygen atoms in total. The predicted octanol–water partition coefficient (Wildman–Crippen LogP) is 2.00. The van der Waals surface area contributed by atoms with Crippen molar-refractivity contribution in [2.45, 2.75) is 44.0 Å². The highest BCUT2D eigenvalue weighted by Gasteiger charge is 2.30. The van der Waals surface area contributed by atoms with Gasteiger partial charge in [0.25, 0.3) is 0 Å². The fourth-order valence-corrected chi connectivity index (χ4v) is 4.28. The van der Waals surface area contributed by atoms with Gasteiger partial charge in [0.2, 0.25) is 10.0 Å². The van der Waals surface area contributed by atoms with E-state index in [1.165, 1.54) is 35.5 Å². The molecule has 1 aromatic carbocycles. The number of carbonyl (C=O) groups excluding carboxylic acids is 2. The van der Waals surface area contributed by atoms with E-state index in [-0.39, 0.29) is 28.9 Å². The summed E-state index contributed by atoms with van der Waals surface area (Å²) in [5.74, 6) is -0.896. The molecule has 1 aliphatic rings. The van der Waals surface area contributed by atoms with Gasteiger partial charge in [-0.2, -0.15) is 4.31 Å². The van der Waals surface area contributed by atoms with Crippen LogP contribution in [-0.4, -0.2) is 43.7 Å². The number of sulfonamides is 1. The van der Waals surface area contributed by atoms with Gasteiger partial charge in [-0.05, 0) is 51.0 Å². The van der Waals surface area contributed by atoms with Gasteiger partial charge < -0.3 is 4.74 Å². The number of carbonyl (C=O) groups is 2. The second-order valence-corrected chi connectivity index (χ2v) is 7.65. The lowest BCUT2D eigenvalue weighted by atomic mass is 10.1. The van der Waals surface area contributed by atoms with Crippen LogP contribution in [0.5, 0.6) is 0 Å². The summed E-state index contributed by atoms with van der Waals surface area (Å²) in [7, 11) is -3.55. The van der Waals surface area contributed by atoms with Gasteiger partial charge in [-0.3, -0.25) is 4.79 Å². The largest absolute Gasteiger partial charge is 0.454 e. The number of hydrogen-bond acceptors (Lipinski definition) is 5. The third kappa shape index (κ3) is 4.17. The molecular weight excluding hydrogens is 318 g/mol. The van der Waals surface area contributed by atoms with Crippen LogP contribution in [0, 0.1) is 0 Å². The van der Waals surface area contributed by atoms with E-state index in [2.05, 4.69) is 0 Å². The first-order chi connectivity index (χ1) is 10.8. The molecule has 0 saturated carbocycles. The Morgan fingerprint density at radius 1 is 1.22 bits per heavy atom. The van der Waals surface area contributed by atoms with Gasteiger partial charge in [0.05, 0.1) is 10.5 Å². The Kier molecular flexibility index (Phi) is 5.54. The lowest BCUT2D eigenvalue weighted by Crippen LogP contribution is -2.41. The fourth-order valence-electron chi connectivity index (χ4n) is 2.58. The maximum atomic E-state index is 12.7. The maximum Gasteiger partial charge on any atom is 0.338 e. The Balaban J connectivity index is 2.15. The number of ether oxygens (including phenoxy) is 1. The zero-order valence-corrected chi connectivity index (χ0v) is 14.1. The number of hydrogen-bond donors (Lipinski definition) is 0. The Bertz CT molecular complexity index is 681. The summed E-state index contributed by atoms with van der Waals surface area (Å²) < 4.78 is 31.6. The second kappa shape index (κ2) is 7.23. The van der Waals surface area contributed by atoms with Crippen LogP contribution in [0.2, 0.25) is 0 Å². The number of esters is 1. The van der Waals surface area contributed by atoms with Crippen molar-refractivity contribution < 1.29 is 22.7 Å². The summed E-state index contributed by atoms with van der Waals surface area (Å²) >= 11 is 0. The summed E-state index contributed by atoms with van der Waals surface area (Å²) in [6.45, 7) is 3.46. The first-order valence-corrected chi connectivity index (χ1v) is 9.05. The highest BCUT2D eigenvalue weighted by molar-refractivity contribution is 7.89. The average Bonchev–Trinajstić information content (AvgIpc) is 2.53. The minimum atomic E-state index is -3.55. The molecule has 2 rings (SSSR count). The molecule has 126 valence electrons. The molecule has 0 radical (unpaired) electrons. The van der Waals surface area contributed by atoms with Crippen LogP contribution >= 0.6 is 0 Å². The highest BCUT2D eigenvalue weighted by atomic mass is 32.2. The van der Waals surface area contributed by atoms with Gasteiger partial charge in [-0.15, -0.1) is 0 Å². The Morgan fingerprint density at radius 3 is 2.43 bits per heavy atom. The molecule has 0 unspecified atom stereocenters. The summed E-state index contributed by atoms with van der Waals surface area (Å²) in [4.78, 5) is 22.7. The molecular formula is C16H21NO5S. The Hall–Kier alpha value is -1.73. The normalized spacial score (nSPS) is 19.3. The van der Waals surface area contributed by atoms with Crippen molar-refractivity contribution >= 4 is 21.8 Å². The van der Waals surface area contributed by atoms with E-state index in [0.29, 0.717) is 6.54 Å². The molecule has 1 aliphatic heterocycles. The molecule has 1 aromatic rings. The third-order valence-electron chi connectivity index (χ3n) is 3.85. The summed E-state index contributed by atoms with van der Waals surface area (Å²) in [5.41, 5.74) is 0.219. The number of nitrogens with zero attached hydrogens (tertiary/aromatic N) is 1. The van der Waals surface area contributed by atoms with Crippen molar-refractivity contribution in [1.29, 1.82) is 0 Å². The molecule has 0 aromatic heterocycles. The van der Waals surface area contributed by atoms with E-state index >= 15 is 0 Å². The van der Waals surface area contributed by atoms with E-state index in [0.717, 1.165) is 19.3 Å². The number of Topliss-reactive ketones (excluding diaryl/α,β-unsaturated/α-hetero) is 1. The van der Waals surface area contributed by atoms with Gasteiger partial charge in [-0.25, -0.2) is 13.2 Å². The topological polar surface area (TPSA) is 80.8 Å². The Morgan fingerprint density at radius 2 is 1.87 bits per heavy atom. The lowest BCUT2D eigenvalue weighted by Gasteiger charge is -2.32. The summed E-state index contributed by atoms with van der Waals surface area (Å²) in [6.07, 6.45) is 2.75. The summed E-state index contributed by atoms with van der Waals surface area (Å²) in [5, 5.41) is 0.